The summed E-state index contributed by atoms with van der Waals surface area (Å²) < 4.78 is 12.9. The van der Waals surface area contributed by atoms with Gasteiger partial charge in [-0.1, -0.05) is 12.1 Å². The van der Waals surface area contributed by atoms with Crippen molar-refractivity contribution in [3.8, 4) is 0 Å². The van der Waals surface area contributed by atoms with E-state index in [2.05, 4.69) is 5.32 Å². The molecular weight excluding hydrogens is 225 g/mol. The molecule has 0 aliphatic rings. The molecule has 0 amide bonds. The number of rotatable bonds is 6. The van der Waals surface area contributed by atoms with E-state index in [4.69, 9.17) is 5.11 Å². The van der Waals surface area contributed by atoms with Gasteiger partial charge in [-0.15, -0.1) is 0 Å². The van der Waals surface area contributed by atoms with Crippen LogP contribution < -0.4 is 5.32 Å². The van der Waals surface area contributed by atoms with Crippen LogP contribution >= 0.6 is 0 Å². The van der Waals surface area contributed by atoms with Crippen molar-refractivity contribution in [2.75, 3.05) is 19.7 Å². The van der Waals surface area contributed by atoms with Crippen LogP contribution in [0.25, 0.3) is 0 Å². The van der Waals surface area contributed by atoms with Crippen molar-refractivity contribution in [3.63, 3.8) is 0 Å². The van der Waals surface area contributed by atoms with Gasteiger partial charge in [0.05, 0.1) is 18.3 Å². The Morgan fingerprint density at radius 2 is 2.18 bits per heavy atom. The molecule has 0 aromatic heterocycles. The van der Waals surface area contributed by atoms with E-state index < -0.39 is 17.5 Å². The van der Waals surface area contributed by atoms with Gasteiger partial charge in [0.1, 0.15) is 5.82 Å². The third kappa shape index (κ3) is 4.79. The second-order valence-corrected chi connectivity index (χ2v) is 4.36. The zero-order chi connectivity index (χ0) is 12.9. The fourth-order valence-corrected chi connectivity index (χ4v) is 1.37. The van der Waals surface area contributed by atoms with E-state index in [1.165, 1.54) is 25.1 Å². The summed E-state index contributed by atoms with van der Waals surface area (Å²) in [5.74, 6) is -0.399. The molecular formula is C12H18FNO3. The van der Waals surface area contributed by atoms with E-state index in [0.29, 0.717) is 5.56 Å². The number of aliphatic hydroxyl groups excluding tert-OH is 2. The molecule has 0 aliphatic heterocycles. The standard InChI is InChI=1S/C12H18FNO3/c1-12(17,8-15)7-14-6-11(16)9-3-2-4-10(13)5-9/h2-5,11,14-17H,6-8H2,1H3. The summed E-state index contributed by atoms with van der Waals surface area (Å²) in [4.78, 5) is 0. The molecule has 0 spiro atoms. The molecule has 17 heavy (non-hydrogen) atoms. The zero-order valence-electron chi connectivity index (χ0n) is 9.73. The summed E-state index contributed by atoms with van der Waals surface area (Å²) in [6.07, 6.45) is -0.847. The Kier molecular flexibility index (Phi) is 5.02. The van der Waals surface area contributed by atoms with Crippen molar-refractivity contribution >= 4 is 0 Å². The SMILES string of the molecule is CC(O)(CO)CNCC(O)c1cccc(F)c1. The highest BCUT2D eigenvalue weighted by Gasteiger charge is 2.18. The Morgan fingerprint density at radius 1 is 1.47 bits per heavy atom. The highest BCUT2D eigenvalue weighted by Crippen LogP contribution is 2.13. The molecule has 0 aliphatic carbocycles. The summed E-state index contributed by atoms with van der Waals surface area (Å²) in [6.45, 7) is 1.44. The summed E-state index contributed by atoms with van der Waals surface area (Å²) in [6, 6.07) is 5.72. The fraction of sp³-hybridized carbons (Fsp3) is 0.500. The average Bonchev–Trinajstić information content (AvgIpc) is 2.28. The number of hydrogen-bond acceptors (Lipinski definition) is 4. The van der Waals surface area contributed by atoms with E-state index in [9.17, 15) is 14.6 Å². The van der Waals surface area contributed by atoms with E-state index in [0.717, 1.165) is 0 Å². The second kappa shape index (κ2) is 6.07. The smallest absolute Gasteiger partial charge is 0.123 e. The van der Waals surface area contributed by atoms with Gasteiger partial charge in [0, 0.05) is 13.1 Å². The van der Waals surface area contributed by atoms with Gasteiger partial charge in [0.2, 0.25) is 0 Å². The van der Waals surface area contributed by atoms with Gasteiger partial charge in [-0.2, -0.15) is 0 Å². The molecule has 4 nitrogen and oxygen atoms in total. The van der Waals surface area contributed by atoms with Crippen LogP contribution in [-0.2, 0) is 0 Å². The third-order valence-corrected chi connectivity index (χ3v) is 2.42. The van der Waals surface area contributed by atoms with Crippen LogP contribution in [0.3, 0.4) is 0 Å². The molecule has 0 fully saturated rings. The van der Waals surface area contributed by atoms with E-state index in [1.807, 2.05) is 0 Å². The number of hydrogen-bond donors (Lipinski definition) is 4. The predicted molar refractivity (Wildman–Crippen MR) is 61.9 cm³/mol. The van der Waals surface area contributed by atoms with Crippen LogP contribution in [0.15, 0.2) is 24.3 Å². The minimum absolute atomic E-state index is 0.149. The van der Waals surface area contributed by atoms with Crippen molar-refractivity contribution in [2.45, 2.75) is 18.6 Å². The number of benzene rings is 1. The summed E-state index contributed by atoms with van der Waals surface area (Å²) in [5.41, 5.74) is -0.747. The van der Waals surface area contributed by atoms with Crippen molar-refractivity contribution in [1.82, 2.24) is 5.32 Å². The molecule has 4 N–H and O–H groups in total. The predicted octanol–water partition coefficient (Wildman–Crippen LogP) is 0.192. The quantitative estimate of drug-likeness (QED) is 0.575. The summed E-state index contributed by atoms with van der Waals surface area (Å²) in [5, 5.41) is 30.9. The third-order valence-electron chi connectivity index (χ3n) is 2.42. The first kappa shape index (κ1) is 14.1. The molecule has 0 saturated carbocycles. The molecule has 5 heteroatoms. The molecule has 2 unspecified atom stereocenters. The molecule has 1 aromatic rings. The molecule has 2 atom stereocenters. The number of halogens is 1. The maximum Gasteiger partial charge on any atom is 0.123 e. The Bertz CT molecular complexity index is 357. The van der Waals surface area contributed by atoms with E-state index in [1.54, 1.807) is 6.07 Å². The van der Waals surface area contributed by atoms with Crippen LogP contribution in [0.1, 0.15) is 18.6 Å². The number of nitrogens with one attached hydrogen (secondary N) is 1. The highest BCUT2D eigenvalue weighted by atomic mass is 19.1. The molecule has 96 valence electrons. The Labute approximate surface area is 99.7 Å². The molecule has 1 aromatic carbocycles. The number of aliphatic hydroxyl groups is 3. The minimum Gasteiger partial charge on any atom is -0.393 e. The Balaban J connectivity index is 2.42. The van der Waals surface area contributed by atoms with Crippen LogP contribution in [0, 0.1) is 5.82 Å². The highest BCUT2D eigenvalue weighted by molar-refractivity contribution is 5.18. The van der Waals surface area contributed by atoms with Gasteiger partial charge in [-0.25, -0.2) is 4.39 Å². The van der Waals surface area contributed by atoms with Gasteiger partial charge in [0.15, 0.2) is 0 Å². The molecule has 0 saturated heterocycles. The lowest BCUT2D eigenvalue weighted by atomic mass is 10.1. The topological polar surface area (TPSA) is 72.7 Å². The van der Waals surface area contributed by atoms with E-state index >= 15 is 0 Å². The molecule has 1 rings (SSSR count). The normalized spacial score (nSPS) is 16.5. The first-order valence-corrected chi connectivity index (χ1v) is 5.42. The van der Waals surface area contributed by atoms with Crippen molar-refractivity contribution < 1.29 is 19.7 Å². The van der Waals surface area contributed by atoms with Gasteiger partial charge in [-0.3, -0.25) is 0 Å². The van der Waals surface area contributed by atoms with Crippen LogP contribution in [0.2, 0.25) is 0 Å². The lowest BCUT2D eigenvalue weighted by Gasteiger charge is -2.22. The summed E-state index contributed by atoms with van der Waals surface area (Å²) >= 11 is 0. The first-order valence-electron chi connectivity index (χ1n) is 5.42. The van der Waals surface area contributed by atoms with Gasteiger partial charge >= 0.3 is 0 Å². The molecule has 0 radical (unpaired) electrons. The minimum atomic E-state index is -1.22. The Morgan fingerprint density at radius 3 is 2.76 bits per heavy atom. The van der Waals surface area contributed by atoms with Crippen LogP contribution in [-0.4, -0.2) is 40.6 Å². The maximum atomic E-state index is 12.9. The van der Waals surface area contributed by atoms with Crippen LogP contribution in [0.5, 0.6) is 0 Å². The average molecular weight is 243 g/mol. The molecule has 0 heterocycles. The van der Waals surface area contributed by atoms with Crippen LogP contribution in [0.4, 0.5) is 4.39 Å². The molecule has 0 bridgehead atoms. The van der Waals surface area contributed by atoms with Gasteiger partial charge in [0.25, 0.3) is 0 Å². The van der Waals surface area contributed by atoms with E-state index in [-0.39, 0.29) is 19.7 Å². The van der Waals surface area contributed by atoms with Crippen molar-refractivity contribution in [3.05, 3.63) is 35.6 Å². The second-order valence-electron chi connectivity index (χ2n) is 4.36. The first-order chi connectivity index (χ1) is 7.94. The van der Waals surface area contributed by atoms with Crippen molar-refractivity contribution in [2.24, 2.45) is 0 Å². The van der Waals surface area contributed by atoms with Gasteiger partial charge < -0.3 is 20.6 Å². The lowest BCUT2D eigenvalue weighted by molar-refractivity contribution is 0.000722. The van der Waals surface area contributed by atoms with Gasteiger partial charge in [-0.05, 0) is 24.6 Å². The summed E-state index contributed by atoms with van der Waals surface area (Å²) in [7, 11) is 0. The maximum absolute atomic E-state index is 12.9. The Hall–Kier alpha value is -1.01. The fourth-order valence-electron chi connectivity index (χ4n) is 1.37. The largest absolute Gasteiger partial charge is 0.393 e. The monoisotopic (exact) mass is 243 g/mol. The zero-order valence-corrected chi connectivity index (χ0v) is 9.73. The lowest BCUT2D eigenvalue weighted by Crippen LogP contribution is -2.42. The van der Waals surface area contributed by atoms with Crippen molar-refractivity contribution in [1.29, 1.82) is 0 Å².